The lowest BCUT2D eigenvalue weighted by molar-refractivity contribution is 0.392. The second kappa shape index (κ2) is 6.80. The van der Waals surface area contributed by atoms with Crippen molar-refractivity contribution >= 4 is 12.2 Å². The molecule has 2 N–H and O–H groups in total. The molecule has 0 aliphatic carbocycles. The second-order valence-corrected chi connectivity index (χ2v) is 5.88. The van der Waals surface area contributed by atoms with E-state index in [4.69, 9.17) is 15.0 Å². The van der Waals surface area contributed by atoms with E-state index in [0.29, 0.717) is 12.4 Å². The highest BCUT2D eigenvalue weighted by molar-refractivity contribution is 5.80. The fourth-order valence-corrected chi connectivity index (χ4v) is 2.69. The molecule has 130 valence electrons. The van der Waals surface area contributed by atoms with E-state index in [9.17, 15) is 0 Å². The van der Waals surface area contributed by atoms with Gasteiger partial charge in [0.1, 0.15) is 11.5 Å². The molecule has 7 nitrogen and oxygen atoms in total. The molecule has 0 aliphatic rings. The van der Waals surface area contributed by atoms with Crippen molar-refractivity contribution < 1.29 is 9.26 Å². The summed E-state index contributed by atoms with van der Waals surface area (Å²) in [6.45, 7) is 5.72. The van der Waals surface area contributed by atoms with Crippen molar-refractivity contribution in [3.8, 4) is 5.75 Å². The smallest absolute Gasteiger partial charge is 0.221 e. The van der Waals surface area contributed by atoms with Crippen molar-refractivity contribution in [3.05, 3.63) is 58.2 Å². The lowest BCUT2D eigenvalue weighted by atomic mass is 10.0. The van der Waals surface area contributed by atoms with Gasteiger partial charge in [0.15, 0.2) is 0 Å². The summed E-state index contributed by atoms with van der Waals surface area (Å²) in [4.78, 5) is 4.13. The van der Waals surface area contributed by atoms with Crippen LogP contribution in [-0.2, 0) is 6.42 Å². The predicted molar refractivity (Wildman–Crippen MR) is 96.1 cm³/mol. The maximum Gasteiger partial charge on any atom is 0.221 e. The van der Waals surface area contributed by atoms with E-state index in [0.717, 1.165) is 39.6 Å². The zero-order chi connectivity index (χ0) is 18.0. The third-order valence-corrected chi connectivity index (χ3v) is 4.02. The minimum atomic E-state index is 0.359. The zero-order valence-corrected chi connectivity index (χ0v) is 14.8. The first-order chi connectivity index (χ1) is 12.0. The Morgan fingerprint density at radius 1 is 1.32 bits per heavy atom. The van der Waals surface area contributed by atoms with Crippen molar-refractivity contribution in [3.63, 3.8) is 0 Å². The maximum atomic E-state index is 5.81. The van der Waals surface area contributed by atoms with Crippen molar-refractivity contribution in [1.82, 2.24) is 14.8 Å². The molecule has 0 aliphatic heterocycles. The number of hydrogen-bond acceptors (Lipinski definition) is 6. The van der Waals surface area contributed by atoms with Gasteiger partial charge in [0, 0.05) is 12.0 Å². The van der Waals surface area contributed by atoms with Gasteiger partial charge in [0.05, 0.1) is 30.9 Å². The molecule has 0 unspecified atom stereocenters. The number of hydrogen-bond donors (Lipinski definition) is 1. The number of aromatic nitrogens is 3. The van der Waals surface area contributed by atoms with Crippen LogP contribution in [0.5, 0.6) is 5.75 Å². The molecule has 0 atom stereocenters. The topological polar surface area (TPSA) is 91.5 Å². The van der Waals surface area contributed by atoms with Crippen LogP contribution < -0.4 is 10.5 Å². The number of methoxy groups -OCH3 is 1. The number of nitrogen functional groups attached to an aromatic ring is 1. The predicted octanol–water partition coefficient (Wildman–Crippen LogP) is 2.86. The molecule has 3 rings (SSSR count). The first-order valence-electron chi connectivity index (χ1n) is 7.92. The molecule has 0 radical (unpaired) electrons. The highest BCUT2D eigenvalue weighted by Gasteiger charge is 2.13. The number of ether oxygens (including phenoxy) is 1. The fourth-order valence-electron chi connectivity index (χ4n) is 2.69. The third-order valence-electron chi connectivity index (χ3n) is 4.02. The van der Waals surface area contributed by atoms with Crippen LogP contribution in [-0.4, -0.2) is 28.1 Å². The van der Waals surface area contributed by atoms with Gasteiger partial charge in [-0.1, -0.05) is 5.16 Å². The summed E-state index contributed by atoms with van der Waals surface area (Å²) in [5, 5.41) is 8.37. The van der Waals surface area contributed by atoms with Crippen LogP contribution in [0.2, 0.25) is 0 Å². The van der Waals surface area contributed by atoms with Crippen LogP contribution in [0.25, 0.3) is 0 Å². The average Bonchev–Trinajstić information content (AvgIpc) is 3.08. The summed E-state index contributed by atoms with van der Waals surface area (Å²) in [5.41, 5.74) is 10.6. The van der Waals surface area contributed by atoms with Crippen LogP contribution in [0, 0.1) is 20.8 Å². The molecule has 0 amide bonds. The Morgan fingerprint density at radius 2 is 2.12 bits per heavy atom. The summed E-state index contributed by atoms with van der Waals surface area (Å²) >= 11 is 0. The van der Waals surface area contributed by atoms with E-state index in [1.54, 1.807) is 24.2 Å². The van der Waals surface area contributed by atoms with E-state index >= 15 is 0 Å². The fraction of sp³-hybridized carbons (Fsp3) is 0.278. The van der Waals surface area contributed by atoms with Gasteiger partial charge in [-0.15, -0.1) is 0 Å². The van der Waals surface area contributed by atoms with Gasteiger partial charge in [-0.05, 0) is 50.1 Å². The number of imidazole rings is 1. The van der Waals surface area contributed by atoms with Crippen LogP contribution in [0.4, 0.5) is 5.95 Å². The summed E-state index contributed by atoms with van der Waals surface area (Å²) in [5.74, 6) is 1.99. The molecule has 0 spiro atoms. The van der Waals surface area contributed by atoms with Crippen molar-refractivity contribution in [2.75, 3.05) is 12.8 Å². The van der Waals surface area contributed by atoms with Crippen LogP contribution in [0.15, 0.2) is 34.0 Å². The molecule has 1 aromatic carbocycles. The van der Waals surface area contributed by atoms with Crippen LogP contribution in [0.1, 0.15) is 33.8 Å². The Labute approximate surface area is 146 Å². The Bertz CT molecular complexity index is 904. The molecule has 0 bridgehead atoms. The van der Waals surface area contributed by atoms with Gasteiger partial charge in [-0.2, -0.15) is 5.10 Å². The molecular weight excluding hydrogens is 318 g/mol. The monoisotopic (exact) mass is 339 g/mol. The van der Waals surface area contributed by atoms with E-state index in [1.807, 2.05) is 39.0 Å². The normalized spacial score (nSPS) is 11.4. The van der Waals surface area contributed by atoms with Crippen LogP contribution >= 0.6 is 0 Å². The number of rotatable bonds is 5. The van der Waals surface area contributed by atoms with Crippen molar-refractivity contribution in [1.29, 1.82) is 0 Å². The summed E-state index contributed by atoms with van der Waals surface area (Å²) in [6.07, 6.45) is 4.20. The SMILES string of the molecule is COc1ccc(C=Nn2cc(C)nc2N)cc1Cc1c(C)noc1C. The highest BCUT2D eigenvalue weighted by Crippen LogP contribution is 2.25. The minimum absolute atomic E-state index is 0.359. The van der Waals surface area contributed by atoms with E-state index in [2.05, 4.69) is 15.2 Å². The maximum absolute atomic E-state index is 5.81. The van der Waals surface area contributed by atoms with Crippen LogP contribution in [0.3, 0.4) is 0 Å². The number of nitrogens with two attached hydrogens (primary N) is 1. The Kier molecular flexibility index (Phi) is 4.56. The first kappa shape index (κ1) is 16.8. The number of nitrogens with zero attached hydrogens (tertiary/aromatic N) is 4. The summed E-state index contributed by atoms with van der Waals surface area (Å²) in [6, 6.07) is 5.91. The van der Waals surface area contributed by atoms with Gasteiger partial charge in [-0.3, -0.25) is 0 Å². The Balaban J connectivity index is 1.91. The van der Waals surface area contributed by atoms with E-state index in [1.165, 1.54) is 0 Å². The van der Waals surface area contributed by atoms with Gasteiger partial charge in [0.25, 0.3) is 0 Å². The largest absolute Gasteiger partial charge is 0.496 e. The average molecular weight is 339 g/mol. The molecule has 2 heterocycles. The first-order valence-corrected chi connectivity index (χ1v) is 7.92. The highest BCUT2D eigenvalue weighted by atomic mass is 16.5. The van der Waals surface area contributed by atoms with E-state index < -0.39 is 0 Å². The molecule has 25 heavy (non-hydrogen) atoms. The molecule has 0 fully saturated rings. The number of aryl methyl sites for hydroxylation is 3. The van der Waals surface area contributed by atoms with Crippen molar-refractivity contribution in [2.24, 2.45) is 5.10 Å². The van der Waals surface area contributed by atoms with Gasteiger partial charge in [-0.25, -0.2) is 9.66 Å². The minimum Gasteiger partial charge on any atom is -0.496 e. The molecule has 0 saturated carbocycles. The molecule has 3 aromatic rings. The summed E-state index contributed by atoms with van der Waals surface area (Å²) in [7, 11) is 1.66. The molecule has 0 saturated heterocycles. The number of anilines is 1. The second-order valence-electron chi connectivity index (χ2n) is 5.88. The number of benzene rings is 1. The van der Waals surface area contributed by atoms with Gasteiger partial charge < -0.3 is 15.0 Å². The molecular formula is C18H21N5O2. The Hall–Kier alpha value is -3.09. The Morgan fingerprint density at radius 3 is 2.72 bits per heavy atom. The quantitative estimate of drug-likeness (QED) is 0.722. The summed E-state index contributed by atoms with van der Waals surface area (Å²) < 4.78 is 12.3. The standard InChI is InChI=1S/C18H21N5O2/c1-11-10-23(18(19)21-11)20-9-14-5-6-17(24-4)15(7-14)8-16-12(2)22-25-13(16)3/h5-7,9-10H,8H2,1-4H3,(H2,19,21). The van der Waals surface area contributed by atoms with Gasteiger partial charge >= 0.3 is 0 Å². The third kappa shape index (κ3) is 3.55. The molecule has 7 heteroatoms. The van der Waals surface area contributed by atoms with Gasteiger partial charge in [0.2, 0.25) is 5.95 Å². The lowest BCUT2D eigenvalue weighted by Crippen LogP contribution is -1.99. The lowest BCUT2D eigenvalue weighted by Gasteiger charge is -2.09. The van der Waals surface area contributed by atoms with Crippen molar-refractivity contribution in [2.45, 2.75) is 27.2 Å². The zero-order valence-electron chi connectivity index (χ0n) is 14.8. The van der Waals surface area contributed by atoms with E-state index in [-0.39, 0.29) is 0 Å². The molecule has 2 aromatic heterocycles.